The third-order valence-corrected chi connectivity index (χ3v) is 4.06. The zero-order valence-corrected chi connectivity index (χ0v) is 11.3. The van der Waals surface area contributed by atoms with Crippen molar-refractivity contribution in [2.45, 2.75) is 32.2 Å². The van der Waals surface area contributed by atoms with Crippen molar-refractivity contribution in [3.05, 3.63) is 35.4 Å². The first-order valence-electron chi connectivity index (χ1n) is 6.47. The molecular weight excluding hydrogens is 242 g/mol. The fourth-order valence-electron chi connectivity index (χ4n) is 1.83. The number of hydrazone groups is 1. The van der Waals surface area contributed by atoms with Gasteiger partial charge >= 0.3 is 0 Å². The zero-order valence-electron chi connectivity index (χ0n) is 10.5. The van der Waals surface area contributed by atoms with Crippen LogP contribution in [0.15, 0.2) is 34.4 Å². The second kappa shape index (κ2) is 5.14. The molecule has 1 aromatic carbocycles. The van der Waals surface area contributed by atoms with Crippen LogP contribution in [0.25, 0.3) is 0 Å². The second-order valence-electron chi connectivity index (χ2n) is 4.67. The molecule has 0 unspecified atom stereocenters. The summed E-state index contributed by atoms with van der Waals surface area (Å²) in [5.74, 6) is 0.907. The Morgan fingerprint density at radius 3 is 2.67 bits per heavy atom. The molecule has 1 heterocycles. The molecule has 0 aromatic heterocycles. The first kappa shape index (κ1) is 11.8. The number of aryl methyl sites for hydroxylation is 1. The number of aliphatic imine (C=N–C) groups is 1. The van der Waals surface area contributed by atoms with Crippen molar-refractivity contribution < 1.29 is 0 Å². The van der Waals surface area contributed by atoms with Gasteiger partial charge in [0, 0.05) is 5.75 Å². The van der Waals surface area contributed by atoms with E-state index in [1.54, 1.807) is 11.8 Å². The normalized spacial score (nSPS) is 21.6. The first-order chi connectivity index (χ1) is 8.85. The van der Waals surface area contributed by atoms with Crippen LogP contribution in [0.2, 0.25) is 0 Å². The van der Waals surface area contributed by atoms with Crippen LogP contribution in [0.3, 0.4) is 0 Å². The van der Waals surface area contributed by atoms with E-state index in [4.69, 9.17) is 0 Å². The molecule has 0 atom stereocenters. The smallest absolute Gasteiger partial charge is 0.177 e. The van der Waals surface area contributed by atoms with E-state index in [1.807, 2.05) is 0 Å². The van der Waals surface area contributed by atoms with Crippen LogP contribution in [0.5, 0.6) is 0 Å². The summed E-state index contributed by atoms with van der Waals surface area (Å²) < 4.78 is 0. The lowest BCUT2D eigenvalue weighted by molar-refractivity contribution is 0.985. The Bertz CT molecular complexity index is 486. The summed E-state index contributed by atoms with van der Waals surface area (Å²) in [4.78, 5) is 4.56. The van der Waals surface area contributed by atoms with Crippen LogP contribution in [-0.2, 0) is 6.42 Å². The molecule has 3 nitrogen and oxygen atoms in total. The summed E-state index contributed by atoms with van der Waals surface area (Å²) in [6.07, 6.45) is 3.56. The number of nitrogens with one attached hydrogen (secondary N) is 1. The number of amidine groups is 1. The molecule has 3 rings (SSSR count). The van der Waals surface area contributed by atoms with Gasteiger partial charge in [-0.05, 0) is 30.4 Å². The van der Waals surface area contributed by atoms with Gasteiger partial charge in [0.15, 0.2) is 5.17 Å². The Labute approximate surface area is 112 Å². The number of rotatable bonds is 3. The third kappa shape index (κ3) is 2.75. The van der Waals surface area contributed by atoms with Crippen molar-refractivity contribution in [2.24, 2.45) is 10.1 Å². The van der Waals surface area contributed by atoms with Crippen LogP contribution in [-0.4, -0.2) is 22.7 Å². The highest BCUT2D eigenvalue weighted by Gasteiger charge is 2.22. The van der Waals surface area contributed by atoms with Gasteiger partial charge in [-0.2, -0.15) is 5.10 Å². The number of hydrogen-bond acceptors (Lipinski definition) is 3. The summed E-state index contributed by atoms with van der Waals surface area (Å²) in [6, 6.07) is 9.22. The first-order valence-corrected chi connectivity index (χ1v) is 7.46. The van der Waals surface area contributed by atoms with Crippen molar-refractivity contribution in [1.82, 2.24) is 5.43 Å². The van der Waals surface area contributed by atoms with Crippen LogP contribution < -0.4 is 5.43 Å². The van der Waals surface area contributed by atoms with Crippen LogP contribution in [0.4, 0.5) is 0 Å². The number of thioether (sulfide) groups is 1. The molecule has 0 amide bonds. The largest absolute Gasteiger partial charge is 0.258 e. The average Bonchev–Trinajstić information content (AvgIpc) is 3.24. The summed E-state index contributed by atoms with van der Waals surface area (Å²) in [5.41, 5.74) is 6.75. The van der Waals surface area contributed by atoms with Crippen LogP contribution in [0.1, 0.15) is 30.9 Å². The molecule has 0 spiro atoms. The average molecular weight is 259 g/mol. The maximum absolute atomic E-state index is 4.56. The van der Waals surface area contributed by atoms with E-state index in [-0.39, 0.29) is 0 Å². The second-order valence-corrected chi connectivity index (χ2v) is 5.64. The Kier molecular flexibility index (Phi) is 3.37. The fraction of sp³-hybridized carbons (Fsp3) is 0.429. The number of benzene rings is 1. The molecule has 1 fully saturated rings. The molecule has 1 aliphatic carbocycles. The highest BCUT2D eigenvalue weighted by Crippen LogP contribution is 2.25. The van der Waals surface area contributed by atoms with Gasteiger partial charge in [-0.1, -0.05) is 43.0 Å². The molecule has 94 valence electrons. The minimum atomic E-state index is 0.556. The molecule has 1 aromatic rings. The summed E-state index contributed by atoms with van der Waals surface area (Å²) in [5, 5.41) is 5.41. The van der Waals surface area contributed by atoms with Crippen LogP contribution >= 0.6 is 11.8 Å². The topological polar surface area (TPSA) is 36.8 Å². The summed E-state index contributed by atoms with van der Waals surface area (Å²) in [6.45, 7) is 2.17. The Morgan fingerprint density at radius 2 is 2.11 bits per heavy atom. The predicted molar refractivity (Wildman–Crippen MR) is 78.4 cm³/mol. The van der Waals surface area contributed by atoms with Gasteiger partial charge in [0.2, 0.25) is 0 Å². The van der Waals surface area contributed by atoms with Crippen molar-refractivity contribution >= 4 is 22.6 Å². The third-order valence-electron chi connectivity index (χ3n) is 3.17. The van der Waals surface area contributed by atoms with E-state index in [9.17, 15) is 0 Å². The molecule has 1 N–H and O–H groups in total. The SMILES string of the molecule is CCc1ccc(C2=NNC(=NC3CC3)SC2)cc1. The van der Waals surface area contributed by atoms with E-state index in [0.29, 0.717) is 6.04 Å². The van der Waals surface area contributed by atoms with Crippen molar-refractivity contribution in [3.8, 4) is 0 Å². The minimum Gasteiger partial charge on any atom is -0.258 e. The van der Waals surface area contributed by atoms with Gasteiger partial charge in [-0.3, -0.25) is 10.4 Å². The van der Waals surface area contributed by atoms with Crippen molar-refractivity contribution in [2.75, 3.05) is 5.75 Å². The van der Waals surface area contributed by atoms with Crippen LogP contribution in [0, 0.1) is 0 Å². The van der Waals surface area contributed by atoms with Gasteiger partial charge in [-0.15, -0.1) is 0 Å². The minimum absolute atomic E-state index is 0.556. The highest BCUT2D eigenvalue weighted by atomic mass is 32.2. The molecule has 1 saturated carbocycles. The van der Waals surface area contributed by atoms with Gasteiger partial charge in [0.25, 0.3) is 0 Å². The van der Waals surface area contributed by atoms with Gasteiger partial charge in [0.1, 0.15) is 0 Å². The van der Waals surface area contributed by atoms with E-state index in [1.165, 1.54) is 24.0 Å². The maximum atomic E-state index is 4.56. The molecule has 0 saturated heterocycles. The van der Waals surface area contributed by atoms with Gasteiger partial charge in [0.05, 0.1) is 11.8 Å². The predicted octanol–water partition coefficient (Wildman–Crippen LogP) is 2.81. The Morgan fingerprint density at radius 1 is 1.33 bits per heavy atom. The van der Waals surface area contributed by atoms with E-state index >= 15 is 0 Å². The lowest BCUT2D eigenvalue weighted by Crippen LogP contribution is -2.25. The van der Waals surface area contributed by atoms with Crippen molar-refractivity contribution in [1.29, 1.82) is 0 Å². The zero-order chi connectivity index (χ0) is 12.4. The summed E-state index contributed by atoms with van der Waals surface area (Å²) >= 11 is 1.75. The number of hydrogen-bond donors (Lipinski definition) is 1. The molecular formula is C14H17N3S. The van der Waals surface area contributed by atoms with E-state index in [2.05, 4.69) is 46.7 Å². The Hall–Kier alpha value is -1.29. The molecule has 1 aliphatic heterocycles. The van der Waals surface area contributed by atoms with E-state index < -0.39 is 0 Å². The molecule has 2 aliphatic rings. The quantitative estimate of drug-likeness (QED) is 0.906. The molecule has 18 heavy (non-hydrogen) atoms. The van der Waals surface area contributed by atoms with Gasteiger partial charge in [-0.25, -0.2) is 0 Å². The Balaban J connectivity index is 1.71. The summed E-state index contributed by atoms with van der Waals surface area (Å²) in [7, 11) is 0. The number of nitrogens with zero attached hydrogens (tertiary/aromatic N) is 2. The highest BCUT2D eigenvalue weighted by molar-refractivity contribution is 8.14. The van der Waals surface area contributed by atoms with E-state index in [0.717, 1.165) is 23.1 Å². The molecule has 0 bridgehead atoms. The molecule has 0 radical (unpaired) electrons. The lowest BCUT2D eigenvalue weighted by atomic mass is 10.1. The fourth-order valence-corrected chi connectivity index (χ4v) is 2.67. The van der Waals surface area contributed by atoms with Gasteiger partial charge < -0.3 is 0 Å². The molecule has 4 heteroatoms. The lowest BCUT2D eigenvalue weighted by Gasteiger charge is -2.15. The standard InChI is InChI=1S/C14H17N3S/c1-2-10-3-5-11(6-4-10)13-9-18-14(17-16-13)15-12-7-8-12/h3-6,12H,2,7-9H2,1H3,(H,15,17). The monoisotopic (exact) mass is 259 g/mol. The maximum Gasteiger partial charge on any atom is 0.177 e. The van der Waals surface area contributed by atoms with Crippen molar-refractivity contribution in [3.63, 3.8) is 0 Å².